The van der Waals surface area contributed by atoms with E-state index in [0.717, 1.165) is 48.3 Å². The molecule has 0 atom stereocenters. The molecule has 2 aromatic carbocycles. The molecule has 0 saturated carbocycles. The topological polar surface area (TPSA) is 122 Å². The highest BCUT2D eigenvalue weighted by atomic mass is 32.2. The summed E-state index contributed by atoms with van der Waals surface area (Å²) in [6, 6.07) is 6.69. The number of hydrogen-bond donors (Lipinski definition) is 1. The number of carbonyl (C=O) groups is 1. The Morgan fingerprint density at radius 2 is 1.97 bits per heavy atom. The number of benzene rings is 2. The number of hydrogen-bond acceptors (Lipinski definition) is 9. The summed E-state index contributed by atoms with van der Waals surface area (Å²) in [4.78, 5) is 18.2. The minimum atomic E-state index is -4.50. The quantitative estimate of drug-likeness (QED) is 0.338. The average molecular weight is 473 g/mol. The van der Waals surface area contributed by atoms with Crippen LogP contribution in [0.1, 0.15) is 34.3 Å². The Balaban J connectivity index is 1.59. The van der Waals surface area contributed by atoms with Gasteiger partial charge in [-0.2, -0.15) is 8.42 Å². The van der Waals surface area contributed by atoms with Crippen LogP contribution in [0.25, 0.3) is 10.2 Å². The first kappa shape index (κ1) is 21.0. The van der Waals surface area contributed by atoms with Gasteiger partial charge < -0.3 is 9.64 Å². The van der Waals surface area contributed by atoms with Crippen molar-refractivity contribution in [2.24, 2.45) is 10.2 Å². The smallest absolute Gasteiger partial charge is 0.337 e. The SMILES string of the molecule is COC(=O)c1ccc2nc(N=Nc3cc4c5c(c3S(=O)(=O)O)CCCN5CCC4)sc2c1. The van der Waals surface area contributed by atoms with Crippen molar-refractivity contribution in [3.05, 3.63) is 41.0 Å². The summed E-state index contributed by atoms with van der Waals surface area (Å²) in [5.74, 6) is -0.446. The Morgan fingerprint density at radius 1 is 1.19 bits per heavy atom. The van der Waals surface area contributed by atoms with Gasteiger partial charge >= 0.3 is 5.97 Å². The predicted octanol–water partition coefficient (Wildman–Crippen LogP) is 4.44. The van der Waals surface area contributed by atoms with E-state index in [0.29, 0.717) is 28.2 Å². The number of aromatic nitrogens is 1. The van der Waals surface area contributed by atoms with Crippen molar-refractivity contribution in [1.82, 2.24) is 4.98 Å². The number of fused-ring (bicyclic) bond motifs is 1. The maximum absolute atomic E-state index is 12.3. The lowest BCUT2D eigenvalue weighted by Gasteiger charge is -2.37. The van der Waals surface area contributed by atoms with Gasteiger partial charge in [-0.3, -0.25) is 4.55 Å². The number of thiazole rings is 1. The van der Waals surface area contributed by atoms with Gasteiger partial charge in [0.15, 0.2) is 0 Å². The van der Waals surface area contributed by atoms with E-state index in [1.54, 1.807) is 24.3 Å². The lowest BCUT2D eigenvalue weighted by Crippen LogP contribution is -2.35. The molecule has 0 spiro atoms. The third kappa shape index (κ3) is 3.65. The summed E-state index contributed by atoms with van der Waals surface area (Å²) in [5.41, 5.74) is 3.74. The third-order valence-electron chi connectivity index (χ3n) is 5.75. The van der Waals surface area contributed by atoms with Crippen molar-refractivity contribution >= 4 is 54.1 Å². The summed E-state index contributed by atoms with van der Waals surface area (Å²) in [6.07, 6.45) is 3.18. The molecule has 0 radical (unpaired) electrons. The zero-order valence-corrected chi connectivity index (χ0v) is 18.9. The molecule has 0 amide bonds. The highest BCUT2D eigenvalue weighted by Gasteiger charge is 2.32. The number of nitrogens with zero attached hydrogens (tertiary/aromatic N) is 4. The number of anilines is 1. The fourth-order valence-electron chi connectivity index (χ4n) is 4.47. The second-order valence-corrected chi connectivity index (χ2v) is 10.1. The number of azo groups is 1. The van der Waals surface area contributed by atoms with E-state index in [1.165, 1.54) is 18.4 Å². The molecule has 0 fully saturated rings. The van der Waals surface area contributed by atoms with Gasteiger partial charge in [-0.15, -0.1) is 10.2 Å². The zero-order chi connectivity index (χ0) is 22.5. The summed E-state index contributed by atoms with van der Waals surface area (Å²) in [5, 5.41) is 8.69. The number of esters is 1. The van der Waals surface area contributed by atoms with Crippen LogP contribution in [0.15, 0.2) is 39.4 Å². The van der Waals surface area contributed by atoms with Crippen molar-refractivity contribution in [1.29, 1.82) is 0 Å². The summed E-state index contributed by atoms with van der Waals surface area (Å²) >= 11 is 1.22. The number of ether oxygens (including phenoxy) is 1. The van der Waals surface area contributed by atoms with Crippen molar-refractivity contribution in [2.45, 2.75) is 30.6 Å². The number of carbonyl (C=O) groups excluding carboxylic acids is 1. The summed E-state index contributed by atoms with van der Waals surface area (Å²) in [6.45, 7) is 1.76. The van der Waals surface area contributed by atoms with Gasteiger partial charge in [0.05, 0.1) is 22.9 Å². The van der Waals surface area contributed by atoms with Gasteiger partial charge in [0, 0.05) is 18.8 Å². The molecule has 2 aliphatic heterocycles. The Morgan fingerprint density at radius 3 is 2.72 bits per heavy atom. The highest BCUT2D eigenvalue weighted by molar-refractivity contribution is 7.86. The molecule has 0 unspecified atom stereocenters. The van der Waals surface area contributed by atoms with Crippen LogP contribution in [0.3, 0.4) is 0 Å². The Bertz CT molecular complexity index is 1380. The second kappa shape index (κ2) is 7.91. The molecule has 3 heterocycles. The van der Waals surface area contributed by atoms with Crippen molar-refractivity contribution < 1.29 is 22.5 Å². The molecule has 0 saturated heterocycles. The van der Waals surface area contributed by atoms with E-state index in [4.69, 9.17) is 4.74 Å². The number of rotatable bonds is 4. The van der Waals surface area contributed by atoms with Crippen molar-refractivity contribution in [3.8, 4) is 0 Å². The van der Waals surface area contributed by atoms with E-state index in [1.807, 2.05) is 0 Å². The maximum Gasteiger partial charge on any atom is 0.337 e. The Labute approximate surface area is 188 Å². The largest absolute Gasteiger partial charge is 0.465 e. The first-order valence-corrected chi connectivity index (χ1v) is 12.4. The molecule has 0 bridgehead atoms. The van der Waals surface area contributed by atoms with Crippen LogP contribution in [-0.2, 0) is 27.7 Å². The predicted molar refractivity (Wildman–Crippen MR) is 120 cm³/mol. The van der Waals surface area contributed by atoms with Crippen LogP contribution in [0.4, 0.5) is 16.5 Å². The van der Waals surface area contributed by atoms with Gasteiger partial charge in [-0.05, 0) is 61.1 Å². The number of aryl methyl sites for hydroxylation is 1. The van der Waals surface area contributed by atoms with Crippen LogP contribution >= 0.6 is 11.3 Å². The Hall–Kier alpha value is -2.89. The fraction of sp³-hybridized carbons (Fsp3) is 0.333. The lowest BCUT2D eigenvalue weighted by molar-refractivity contribution is 0.0601. The number of methoxy groups -OCH3 is 1. The van der Waals surface area contributed by atoms with Crippen molar-refractivity contribution in [3.63, 3.8) is 0 Å². The zero-order valence-electron chi connectivity index (χ0n) is 17.2. The lowest BCUT2D eigenvalue weighted by atomic mass is 9.91. The minimum Gasteiger partial charge on any atom is -0.465 e. The summed E-state index contributed by atoms with van der Waals surface area (Å²) < 4.78 is 40.1. The first-order chi connectivity index (χ1) is 15.3. The minimum absolute atomic E-state index is 0.125. The molecule has 1 N–H and O–H groups in total. The van der Waals surface area contributed by atoms with Crippen LogP contribution < -0.4 is 4.90 Å². The van der Waals surface area contributed by atoms with E-state index < -0.39 is 16.1 Å². The molecular weight excluding hydrogens is 452 g/mol. The van der Waals surface area contributed by atoms with Crippen LogP contribution in [-0.4, -0.2) is 44.1 Å². The first-order valence-electron chi connectivity index (χ1n) is 10.2. The van der Waals surface area contributed by atoms with E-state index in [9.17, 15) is 17.8 Å². The van der Waals surface area contributed by atoms with E-state index in [-0.39, 0.29) is 10.6 Å². The van der Waals surface area contributed by atoms with Crippen molar-refractivity contribution in [2.75, 3.05) is 25.1 Å². The molecule has 11 heteroatoms. The van der Waals surface area contributed by atoms with Gasteiger partial charge in [0.1, 0.15) is 10.6 Å². The standard InChI is InChI=1S/C21H20N4O5S2/c1-30-20(26)13-6-7-15-17(11-13)31-21(22-15)24-23-16-10-12-4-2-8-25-9-3-5-14(18(12)25)19(16)32(27,28)29/h6-7,10-11H,2-5,8-9H2,1H3,(H,27,28,29). The Kier molecular flexibility index (Phi) is 5.19. The third-order valence-corrected chi connectivity index (χ3v) is 7.63. The molecule has 0 aliphatic carbocycles. The average Bonchev–Trinajstić information content (AvgIpc) is 3.18. The highest BCUT2D eigenvalue weighted by Crippen LogP contribution is 2.44. The van der Waals surface area contributed by atoms with Gasteiger partial charge in [-0.25, -0.2) is 9.78 Å². The molecule has 2 aliphatic rings. The van der Waals surface area contributed by atoms with E-state index in [2.05, 4.69) is 20.1 Å². The molecule has 166 valence electrons. The molecule has 32 heavy (non-hydrogen) atoms. The van der Waals surface area contributed by atoms with Gasteiger partial charge in [0.2, 0.25) is 5.13 Å². The fourth-order valence-corrected chi connectivity index (χ4v) is 6.17. The van der Waals surface area contributed by atoms with Gasteiger partial charge in [-0.1, -0.05) is 11.3 Å². The molecular formula is C21H20N4O5S2. The van der Waals surface area contributed by atoms with Crippen LogP contribution in [0, 0.1) is 0 Å². The molecule has 3 aromatic rings. The molecule has 5 rings (SSSR count). The monoisotopic (exact) mass is 472 g/mol. The second-order valence-electron chi connectivity index (χ2n) is 7.75. The van der Waals surface area contributed by atoms with Crippen LogP contribution in [0.2, 0.25) is 0 Å². The normalized spacial score (nSPS) is 15.9. The van der Waals surface area contributed by atoms with E-state index >= 15 is 0 Å². The maximum atomic E-state index is 12.3. The molecule has 9 nitrogen and oxygen atoms in total. The van der Waals surface area contributed by atoms with Gasteiger partial charge in [0.25, 0.3) is 10.1 Å². The molecule has 1 aromatic heterocycles. The van der Waals surface area contributed by atoms with Crippen LogP contribution in [0.5, 0.6) is 0 Å². The summed E-state index contributed by atoms with van der Waals surface area (Å²) in [7, 11) is -3.18.